The first-order chi connectivity index (χ1) is 13.8. The highest BCUT2D eigenvalue weighted by molar-refractivity contribution is 7.89. The minimum absolute atomic E-state index is 0.00887. The van der Waals surface area contributed by atoms with Crippen molar-refractivity contribution in [3.05, 3.63) is 65.5 Å². The van der Waals surface area contributed by atoms with Gasteiger partial charge in [0.2, 0.25) is 10.0 Å². The average molecular weight is 421 g/mol. The monoisotopic (exact) mass is 420 g/mol. The Morgan fingerprint density at radius 2 is 1.97 bits per heavy atom. The Morgan fingerprint density at radius 3 is 2.59 bits per heavy atom. The van der Waals surface area contributed by atoms with E-state index in [4.69, 9.17) is 0 Å². The van der Waals surface area contributed by atoms with Crippen LogP contribution >= 0.6 is 0 Å². The van der Waals surface area contributed by atoms with Gasteiger partial charge in [0.05, 0.1) is 11.0 Å². The summed E-state index contributed by atoms with van der Waals surface area (Å²) in [6.07, 6.45) is 2.16. The van der Waals surface area contributed by atoms with Crippen LogP contribution in [0.1, 0.15) is 35.2 Å². The van der Waals surface area contributed by atoms with E-state index in [0.29, 0.717) is 12.8 Å². The zero-order chi connectivity index (χ0) is 21.1. The lowest BCUT2D eigenvalue weighted by atomic mass is 9.78. The molecule has 0 spiro atoms. The lowest BCUT2D eigenvalue weighted by molar-refractivity contribution is 0.0500. The van der Waals surface area contributed by atoms with E-state index in [2.05, 4.69) is 10.0 Å². The molecule has 2 aromatic carbocycles. The second-order valence-corrected chi connectivity index (χ2v) is 9.38. The summed E-state index contributed by atoms with van der Waals surface area (Å²) in [5, 5.41) is 13.5. The topological polar surface area (TPSA) is 95.5 Å². The normalized spacial score (nSPS) is 21.8. The maximum absolute atomic E-state index is 13.2. The van der Waals surface area contributed by atoms with Crippen LogP contribution in [0.15, 0.2) is 53.4 Å². The standard InChI is InChI=1S/C21H25FN2O4S/c1-23-29(27,28)18-5-2-4-16(12-18)20(26)24-14-21(11-3-6-19(21)25)13-15-7-9-17(22)10-8-15/h2,4-5,7-10,12,19,23,25H,3,6,11,13-14H2,1H3,(H,24,26)/t19-,21-/m0/s1. The molecule has 156 valence electrons. The molecule has 6 nitrogen and oxygen atoms in total. The smallest absolute Gasteiger partial charge is 0.251 e. The first-order valence-corrected chi connectivity index (χ1v) is 11.0. The molecule has 0 bridgehead atoms. The molecule has 0 aliphatic heterocycles. The molecule has 3 rings (SSSR count). The van der Waals surface area contributed by atoms with Crippen molar-refractivity contribution in [2.45, 2.75) is 36.7 Å². The second kappa shape index (κ2) is 8.61. The SMILES string of the molecule is CNS(=O)(=O)c1cccc(C(=O)NC[C@@]2(Cc3ccc(F)cc3)CCC[C@@H]2O)c1. The Labute approximate surface area is 170 Å². The van der Waals surface area contributed by atoms with Crippen molar-refractivity contribution in [1.82, 2.24) is 10.0 Å². The summed E-state index contributed by atoms with van der Waals surface area (Å²) in [6, 6.07) is 11.9. The van der Waals surface area contributed by atoms with Gasteiger partial charge in [-0.15, -0.1) is 0 Å². The van der Waals surface area contributed by atoms with Gasteiger partial charge in [0.25, 0.3) is 5.91 Å². The summed E-state index contributed by atoms with van der Waals surface area (Å²) in [4.78, 5) is 12.7. The van der Waals surface area contributed by atoms with E-state index < -0.39 is 27.4 Å². The highest BCUT2D eigenvalue weighted by Gasteiger charge is 2.42. The van der Waals surface area contributed by atoms with E-state index in [-0.39, 0.29) is 22.8 Å². The van der Waals surface area contributed by atoms with Crippen LogP contribution in [0.2, 0.25) is 0 Å². The first kappa shape index (κ1) is 21.4. The summed E-state index contributed by atoms with van der Waals surface area (Å²) in [5.41, 5.74) is 0.580. The van der Waals surface area contributed by atoms with Crippen LogP contribution < -0.4 is 10.0 Å². The fourth-order valence-electron chi connectivity index (χ4n) is 3.88. The van der Waals surface area contributed by atoms with Gasteiger partial charge in [0.15, 0.2) is 0 Å². The summed E-state index contributed by atoms with van der Waals surface area (Å²) in [6.45, 7) is 0.243. The Balaban J connectivity index is 1.75. The zero-order valence-electron chi connectivity index (χ0n) is 16.2. The molecule has 0 aromatic heterocycles. The molecule has 1 aliphatic rings. The van der Waals surface area contributed by atoms with Crippen molar-refractivity contribution in [2.75, 3.05) is 13.6 Å². The lowest BCUT2D eigenvalue weighted by Gasteiger charge is -2.33. The third-order valence-electron chi connectivity index (χ3n) is 5.60. The molecule has 1 amide bonds. The molecule has 2 atom stereocenters. The molecule has 29 heavy (non-hydrogen) atoms. The predicted octanol–water partition coefficient (Wildman–Crippen LogP) is 2.24. The van der Waals surface area contributed by atoms with Crippen LogP contribution in [0.3, 0.4) is 0 Å². The number of benzene rings is 2. The van der Waals surface area contributed by atoms with Crippen molar-refractivity contribution in [3.8, 4) is 0 Å². The number of aliphatic hydroxyl groups is 1. The fraction of sp³-hybridized carbons (Fsp3) is 0.381. The molecule has 0 radical (unpaired) electrons. The van der Waals surface area contributed by atoms with Crippen LogP contribution in [-0.4, -0.2) is 39.1 Å². The van der Waals surface area contributed by atoms with Gasteiger partial charge in [-0.2, -0.15) is 0 Å². The van der Waals surface area contributed by atoms with Gasteiger partial charge in [-0.3, -0.25) is 4.79 Å². The summed E-state index contributed by atoms with van der Waals surface area (Å²) < 4.78 is 39.3. The molecule has 3 N–H and O–H groups in total. The number of rotatable bonds is 7. The average Bonchev–Trinajstić information content (AvgIpc) is 3.08. The molecular weight excluding hydrogens is 395 g/mol. The van der Waals surface area contributed by atoms with Gasteiger partial charge in [-0.25, -0.2) is 17.5 Å². The van der Waals surface area contributed by atoms with Gasteiger partial charge in [-0.05, 0) is 62.2 Å². The van der Waals surface area contributed by atoms with Crippen LogP contribution in [0.5, 0.6) is 0 Å². The number of hydrogen-bond donors (Lipinski definition) is 3. The van der Waals surface area contributed by atoms with Gasteiger partial charge in [-0.1, -0.05) is 24.6 Å². The summed E-state index contributed by atoms with van der Waals surface area (Å²) in [5.74, 6) is -0.727. The Morgan fingerprint density at radius 1 is 1.24 bits per heavy atom. The number of carbonyl (C=O) groups is 1. The van der Waals surface area contributed by atoms with Crippen molar-refractivity contribution in [1.29, 1.82) is 0 Å². The van der Waals surface area contributed by atoms with Crippen LogP contribution in [0.4, 0.5) is 4.39 Å². The number of sulfonamides is 1. The van der Waals surface area contributed by atoms with E-state index in [0.717, 1.165) is 18.4 Å². The van der Waals surface area contributed by atoms with Crippen molar-refractivity contribution in [2.24, 2.45) is 5.41 Å². The zero-order valence-corrected chi connectivity index (χ0v) is 17.0. The van der Waals surface area contributed by atoms with Crippen molar-refractivity contribution >= 4 is 15.9 Å². The molecule has 1 saturated carbocycles. The predicted molar refractivity (Wildman–Crippen MR) is 107 cm³/mol. The van der Waals surface area contributed by atoms with E-state index in [1.807, 2.05) is 0 Å². The highest BCUT2D eigenvalue weighted by Crippen LogP contribution is 2.41. The number of amides is 1. The van der Waals surface area contributed by atoms with Crippen LogP contribution in [-0.2, 0) is 16.4 Å². The Hall–Kier alpha value is -2.29. The minimum atomic E-state index is -3.65. The van der Waals surface area contributed by atoms with E-state index in [1.165, 1.54) is 37.4 Å². The first-order valence-electron chi connectivity index (χ1n) is 9.50. The molecule has 0 saturated heterocycles. The molecular formula is C21H25FN2O4S. The third kappa shape index (κ3) is 4.83. The molecule has 8 heteroatoms. The van der Waals surface area contributed by atoms with Gasteiger partial charge in [0.1, 0.15) is 5.82 Å². The van der Waals surface area contributed by atoms with Crippen molar-refractivity contribution < 1.29 is 22.7 Å². The molecule has 1 aliphatic carbocycles. The second-order valence-electron chi connectivity index (χ2n) is 7.49. The van der Waals surface area contributed by atoms with Gasteiger partial charge < -0.3 is 10.4 Å². The number of carbonyl (C=O) groups excluding carboxylic acids is 1. The molecule has 0 unspecified atom stereocenters. The van der Waals surface area contributed by atoms with Gasteiger partial charge in [0, 0.05) is 17.5 Å². The van der Waals surface area contributed by atoms with Gasteiger partial charge >= 0.3 is 0 Å². The quantitative estimate of drug-likeness (QED) is 0.640. The fourth-order valence-corrected chi connectivity index (χ4v) is 4.66. The summed E-state index contributed by atoms with van der Waals surface area (Å²) in [7, 11) is -2.34. The lowest BCUT2D eigenvalue weighted by Crippen LogP contribution is -2.44. The van der Waals surface area contributed by atoms with Crippen LogP contribution in [0.25, 0.3) is 0 Å². The Kier molecular flexibility index (Phi) is 6.36. The molecule has 0 heterocycles. The van der Waals surface area contributed by atoms with Crippen LogP contribution in [0, 0.1) is 11.2 Å². The number of halogens is 1. The van der Waals surface area contributed by atoms with Crippen molar-refractivity contribution in [3.63, 3.8) is 0 Å². The maximum atomic E-state index is 13.2. The molecule has 2 aromatic rings. The number of aliphatic hydroxyl groups excluding tert-OH is 1. The Bertz CT molecular complexity index is 978. The minimum Gasteiger partial charge on any atom is -0.392 e. The molecule has 1 fully saturated rings. The van der Waals surface area contributed by atoms with E-state index in [1.54, 1.807) is 18.2 Å². The highest BCUT2D eigenvalue weighted by atomic mass is 32.2. The van der Waals surface area contributed by atoms with E-state index >= 15 is 0 Å². The largest absolute Gasteiger partial charge is 0.392 e. The third-order valence-corrected chi connectivity index (χ3v) is 7.02. The number of hydrogen-bond acceptors (Lipinski definition) is 4. The maximum Gasteiger partial charge on any atom is 0.251 e. The van der Waals surface area contributed by atoms with E-state index in [9.17, 15) is 22.7 Å². The summed E-state index contributed by atoms with van der Waals surface area (Å²) >= 11 is 0. The number of nitrogens with one attached hydrogen (secondary N) is 2.